The number of unbranched alkanes of at least 4 members (excludes halogenated alkanes) is 5. The van der Waals surface area contributed by atoms with Crippen molar-refractivity contribution in [3.05, 3.63) is 106 Å². The van der Waals surface area contributed by atoms with Crippen LogP contribution in [-0.2, 0) is 36.6 Å². The van der Waals surface area contributed by atoms with Gasteiger partial charge >= 0.3 is 10.6 Å². The number of carbonyl (C=O) groups excluding carboxylic acids is 3. The lowest BCUT2D eigenvalue weighted by Crippen LogP contribution is -2.48. The van der Waals surface area contributed by atoms with E-state index < -0.39 is 26.7 Å². The molecule has 1 aliphatic carbocycles. The first-order chi connectivity index (χ1) is 37.1. The predicted octanol–water partition coefficient (Wildman–Crippen LogP) is 5.62. The Bertz CT molecular complexity index is 3000. The monoisotopic (exact) mass is 1120 g/mol. The van der Waals surface area contributed by atoms with Crippen molar-refractivity contribution in [3.63, 3.8) is 0 Å². The zero-order valence-electron chi connectivity index (χ0n) is 43.9. The Kier molecular flexibility index (Phi) is 24.5. The maximum atomic E-state index is 14.0. The zero-order chi connectivity index (χ0) is 55.2. The number of benzene rings is 4. The maximum Gasteiger partial charge on any atom is 0.425 e. The molecule has 2 fully saturated rings. The number of carboxylic acids is 1. The molecule has 0 atom stereocenters. The summed E-state index contributed by atoms with van der Waals surface area (Å²) in [6.07, 6.45) is 8.22. The molecule has 0 aromatic heterocycles. The van der Waals surface area contributed by atoms with E-state index in [1.807, 2.05) is 42.5 Å². The minimum Gasteiger partial charge on any atom is -0.545 e. The number of carboxylic acid groups (broad SMARTS) is 1. The summed E-state index contributed by atoms with van der Waals surface area (Å²) in [7, 11) is -7.09. The summed E-state index contributed by atoms with van der Waals surface area (Å²) in [6.45, 7) is 13.1. The highest BCUT2D eigenvalue weighted by molar-refractivity contribution is 7.85. The van der Waals surface area contributed by atoms with Crippen molar-refractivity contribution < 1.29 is 59.0 Å². The number of amides is 1. The number of aryl methyl sites for hydroxylation is 1. The number of nitrogens with one attached hydrogen (secondary N) is 1. The highest BCUT2D eigenvalue weighted by Crippen LogP contribution is 2.42. The molecular weight excluding hydrogens is 1050 g/mol. The maximum absolute atomic E-state index is 14.0. The minimum atomic E-state index is -3.98. The first-order valence-electron chi connectivity index (χ1n) is 26.6. The molecule has 0 spiro atoms. The topological polar surface area (TPSA) is 236 Å². The molecule has 0 saturated carbocycles. The number of hydrogen-bond donors (Lipinski definition) is 2. The number of anilines is 1. The second-order valence-electron chi connectivity index (χ2n) is 19.3. The van der Waals surface area contributed by atoms with Crippen LogP contribution in [0.4, 0.5) is 5.69 Å². The van der Waals surface area contributed by atoms with Crippen LogP contribution in [0.15, 0.2) is 83.3 Å². The summed E-state index contributed by atoms with van der Waals surface area (Å²) in [5, 5.41) is 17.5. The molecule has 418 valence electrons. The average Bonchev–Trinajstić information content (AvgIpc) is 3.43. The number of ether oxygens (including phenoxy) is 2. The summed E-state index contributed by atoms with van der Waals surface area (Å²) in [6, 6.07) is 23.9. The van der Waals surface area contributed by atoms with E-state index in [1.165, 1.54) is 12.5 Å². The molecule has 18 nitrogen and oxygen atoms in total. The summed E-state index contributed by atoms with van der Waals surface area (Å²) >= 11 is 5.72. The Labute approximate surface area is 458 Å². The van der Waals surface area contributed by atoms with E-state index in [2.05, 4.69) is 37.6 Å². The van der Waals surface area contributed by atoms with Crippen molar-refractivity contribution in [1.82, 2.24) is 19.7 Å². The Morgan fingerprint density at radius 3 is 2.12 bits per heavy atom. The Balaban J connectivity index is 0.00000232. The second-order valence-corrected chi connectivity index (χ2v) is 21.7. The smallest absolute Gasteiger partial charge is 0.425 e. The lowest BCUT2D eigenvalue weighted by atomic mass is 9.88. The molecule has 3 aromatic rings. The van der Waals surface area contributed by atoms with Crippen molar-refractivity contribution in [2.75, 3.05) is 115 Å². The third-order valence-corrected chi connectivity index (χ3v) is 15.0. The van der Waals surface area contributed by atoms with Crippen molar-refractivity contribution in [1.29, 1.82) is 0 Å². The van der Waals surface area contributed by atoms with Crippen LogP contribution in [0.25, 0.3) is 33.4 Å². The fourth-order valence-corrected chi connectivity index (χ4v) is 10.4. The number of rotatable bonds is 28. The molecule has 21 heteroatoms. The molecule has 1 amide bonds. The van der Waals surface area contributed by atoms with Gasteiger partial charge < -0.3 is 34.0 Å². The molecule has 3 heterocycles. The van der Waals surface area contributed by atoms with Gasteiger partial charge in [0.15, 0.2) is 18.9 Å². The highest BCUT2D eigenvalue weighted by atomic mass is 35.5. The number of piperazine rings is 2. The van der Waals surface area contributed by atoms with E-state index in [0.717, 1.165) is 114 Å². The van der Waals surface area contributed by atoms with E-state index in [4.69, 9.17) is 42.7 Å². The number of carbonyl (C=O) groups is 3. The van der Waals surface area contributed by atoms with Crippen LogP contribution in [0.2, 0.25) is 0 Å². The van der Waals surface area contributed by atoms with E-state index >= 15 is 0 Å². The Morgan fingerprint density at radius 2 is 1.43 bits per heavy atom. The number of fused-ring (bicyclic) bond motifs is 2. The largest absolute Gasteiger partial charge is 0.545 e. The fourth-order valence-electron chi connectivity index (χ4n) is 9.65. The first-order valence-corrected chi connectivity index (χ1v) is 29.8. The van der Waals surface area contributed by atoms with Gasteiger partial charge in [-0.2, -0.15) is 8.42 Å². The summed E-state index contributed by atoms with van der Waals surface area (Å²) < 4.78 is 77.2. The van der Waals surface area contributed by atoms with Crippen molar-refractivity contribution >= 4 is 66.6 Å². The molecule has 2 N–H and O–H groups in total. The molecule has 4 aliphatic rings. The van der Waals surface area contributed by atoms with Gasteiger partial charge in [-0.3, -0.25) is 23.9 Å². The molecule has 2 saturated heterocycles. The minimum absolute atomic E-state index is 0.0380. The van der Waals surface area contributed by atoms with Crippen LogP contribution in [0, 0.1) is 0 Å². The number of halogens is 1. The van der Waals surface area contributed by atoms with Gasteiger partial charge in [-0.15, -0.1) is 24.2 Å². The van der Waals surface area contributed by atoms with Gasteiger partial charge in [0.05, 0.1) is 50.7 Å². The summed E-state index contributed by atoms with van der Waals surface area (Å²) in [4.78, 5) is 46.9. The Hall–Kier alpha value is -5.58. The number of aromatic carboxylic acids is 1. The van der Waals surface area contributed by atoms with Gasteiger partial charge in [0.25, 0.3) is 16.0 Å². The molecule has 0 radical (unpaired) electrons. The number of Topliss-reactive ketones (excluding diaryl/α,β-unsaturated/α-hetero) is 1. The SMILES string of the molecule is CCCCN1CC[N+](=c2ccc3c(-c4cc(C(=O)CCc5ccc(C(=O)NCCOCCOCCCCCCCl)cc5)ccc4C(=O)[O-])c4ccc(N5CCN(CCCCS(=O)(=O)O)CC5)cc4oc-3c2)CC1.O=S(=O)=O. The number of alkyl halides is 1. The summed E-state index contributed by atoms with van der Waals surface area (Å²) in [5.41, 5.74) is 4.95. The molecule has 0 bridgehead atoms. The van der Waals surface area contributed by atoms with Crippen LogP contribution >= 0.6 is 11.6 Å². The van der Waals surface area contributed by atoms with E-state index in [0.29, 0.717) is 103 Å². The van der Waals surface area contributed by atoms with Crippen molar-refractivity contribution in [3.8, 4) is 22.5 Å². The molecule has 77 heavy (non-hydrogen) atoms. The lowest BCUT2D eigenvalue weighted by Gasteiger charge is -2.36. The standard InChI is InChI=1S/C56H72ClN5O10S.O3S/c1-2-3-24-59-26-30-61(31-27-59)45-16-19-48-52(40-45)72-53-41-46(62-32-28-60(29-33-62)25-7-9-38-73(67,68)69)17-20-49(53)54(48)50-39-44(15-18-47(50)56(65)66)51(63)21-12-42-10-13-43(14-11-42)55(64)58-23-35-71-37-36-70-34-8-5-4-6-22-57;1-4(2)3/h10-11,13-20,39-41H,2-9,12,21-38H2,1H3,(H2-,58,64,65,66,67,68,69);. The van der Waals surface area contributed by atoms with Gasteiger partial charge in [0, 0.05) is 103 Å². The van der Waals surface area contributed by atoms with Crippen LogP contribution < -0.4 is 25.3 Å². The van der Waals surface area contributed by atoms with Gasteiger partial charge in [0.2, 0.25) is 5.36 Å². The zero-order valence-corrected chi connectivity index (χ0v) is 46.3. The molecular formula is C56H72ClN5O13S2. The molecule has 3 aromatic carbocycles. The van der Waals surface area contributed by atoms with Crippen LogP contribution in [0.3, 0.4) is 0 Å². The van der Waals surface area contributed by atoms with Gasteiger partial charge in [-0.25, -0.2) is 4.58 Å². The second kappa shape index (κ2) is 31.1. The number of nitrogens with zero attached hydrogens (tertiary/aromatic N) is 4. The van der Waals surface area contributed by atoms with E-state index in [1.54, 1.807) is 24.3 Å². The average molecular weight is 1120 g/mol. The fraction of sp³-hybridized carbons (Fsp3) is 0.500. The molecule has 0 unspecified atom stereocenters. The van der Waals surface area contributed by atoms with Gasteiger partial charge in [0.1, 0.15) is 11.3 Å². The van der Waals surface area contributed by atoms with Crippen molar-refractivity contribution in [2.45, 2.75) is 71.1 Å². The van der Waals surface area contributed by atoms with E-state index in [-0.39, 0.29) is 29.4 Å². The van der Waals surface area contributed by atoms with Gasteiger partial charge in [-0.05, 0) is 99.1 Å². The first kappa shape index (κ1) is 60.6. The van der Waals surface area contributed by atoms with E-state index in [9.17, 15) is 27.9 Å². The van der Waals surface area contributed by atoms with Crippen LogP contribution in [-0.4, -0.2) is 163 Å². The number of hydrogen-bond acceptors (Lipinski definition) is 15. The summed E-state index contributed by atoms with van der Waals surface area (Å²) in [5.74, 6) is -0.684. The lowest BCUT2D eigenvalue weighted by molar-refractivity contribution is -0.254. The highest BCUT2D eigenvalue weighted by Gasteiger charge is 2.26. The normalized spacial score (nSPS) is 14.4. The quantitative estimate of drug-likeness (QED) is 0.0154. The predicted molar refractivity (Wildman–Crippen MR) is 295 cm³/mol. The van der Waals surface area contributed by atoms with Gasteiger partial charge in [-0.1, -0.05) is 50.5 Å². The third kappa shape index (κ3) is 19.4. The third-order valence-electron chi connectivity index (χ3n) is 13.9. The molecule has 7 rings (SSSR count). The van der Waals surface area contributed by atoms with Crippen molar-refractivity contribution in [2.24, 2.45) is 0 Å². The Morgan fingerprint density at radius 1 is 0.753 bits per heavy atom. The molecule has 3 aliphatic heterocycles. The number of ketones is 1. The van der Waals surface area contributed by atoms with Crippen LogP contribution in [0.5, 0.6) is 0 Å². The van der Waals surface area contributed by atoms with Crippen LogP contribution in [0.1, 0.15) is 101 Å².